The fourth-order valence-corrected chi connectivity index (χ4v) is 3.05. The van der Waals surface area contributed by atoms with E-state index >= 15 is 0 Å². The van der Waals surface area contributed by atoms with E-state index in [0.717, 1.165) is 22.5 Å². The number of aromatic nitrogens is 2. The molecular formula is C23H18FN3O. The third kappa shape index (κ3) is 3.83. The number of carbonyl (C=O) groups excluding carboxylic acids is 1. The lowest BCUT2D eigenvalue weighted by Crippen LogP contribution is -2.14. The number of rotatable bonds is 5. The van der Waals surface area contributed by atoms with Gasteiger partial charge in [0.2, 0.25) is 5.95 Å². The Morgan fingerprint density at radius 3 is 2.25 bits per heavy atom. The molecule has 0 bridgehead atoms. The molecule has 0 radical (unpaired) electrons. The average molecular weight is 371 g/mol. The van der Waals surface area contributed by atoms with E-state index in [4.69, 9.17) is 0 Å². The largest absolute Gasteiger partial charge is 0.327 e. The number of carbonyl (C=O) groups is 1. The number of hydrogen-bond acceptors (Lipinski definition) is 2. The van der Waals surface area contributed by atoms with Crippen LogP contribution in [0, 0.1) is 5.82 Å². The van der Waals surface area contributed by atoms with E-state index < -0.39 is 11.7 Å². The number of anilines is 1. The Balaban J connectivity index is 1.67. The second-order valence-corrected chi connectivity index (χ2v) is 6.37. The number of halogens is 1. The van der Waals surface area contributed by atoms with Crippen LogP contribution in [0.25, 0.3) is 11.3 Å². The van der Waals surface area contributed by atoms with E-state index in [1.807, 2.05) is 60.7 Å². The first-order valence-corrected chi connectivity index (χ1v) is 8.95. The van der Waals surface area contributed by atoms with Crippen LogP contribution in [0.2, 0.25) is 0 Å². The zero-order chi connectivity index (χ0) is 19.3. The lowest BCUT2D eigenvalue weighted by Gasteiger charge is -2.03. The molecule has 1 heterocycles. The maximum atomic E-state index is 13.9. The Kier molecular flexibility index (Phi) is 4.97. The van der Waals surface area contributed by atoms with Crippen molar-refractivity contribution >= 4 is 11.9 Å². The van der Waals surface area contributed by atoms with Gasteiger partial charge in [0, 0.05) is 17.7 Å². The first-order chi connectivity index (χ1) is 13.7. The number of benzene rings is 3. The van der Waals surface area contributed by atoms with Gasteiger partial charge in [0.15, 0.2) is 0 Å². The molecular weight excluding hydrogens is 353 g/mol. The average Bonchev–Trinajstić information content (AvgIpc) is 3.11. The van der Waals surface area contributed by atoms with Crippen LogP contribution >= 0.6 is 0 Å². The summed E-state index contributed by atoms with van der Waals surface area (Å²) in [6.07, 6.45) is 0.633. The molecule has 1 aromatic heterocycles. The smallest absolute Gasteiger partial charge is 0.260 e. The van der Waals surface area contributed by atoms with E-state index in [-0.39, 0.29) is 11.5 Å². The summed E-state index contributed by atoms with van der Waals surface area (Å²) in [6, 6.07) is 25.6. The molecule has 3 aromatic carbocycles. The summed E-state index contributed by atoms with van der Waals surface area (Å²) in [4.78, 5) is 20.2. The second kappa shape index (κ2) is 7.88. The number of imidazole rings is 1. The van der Waals surface area contributed by atoms with Gasteiger partial charge >= 0.3 is 0 Å². The minimum absolute atomic E-state index is 0.0234. The molecule has 0 aliphatic heterocycles. The van der Waals surface area contributed by atoms with Crippen LogP contribution in [0.3, 0.4) is 0 Å². The molecule has 0 fully saturated rings. The monoisotopic (exact) mass is 371 g/mol. The number of nitrogens with one attached hydrogen (secondary N) is 2. The van der Waals surface area contributed by atoms with Gasteiger partial charge in [-0.2, -0.15) is 0 Å². The quantitative estimate of drug-likeness (QED) is 0.515. The molecule has 0 aliphatic carbocycles. The van der Waals surface area contributed by atoms with Gasteiger partial charge in [-0.15, -0.1) is 0 Å². The van der Waals surface area contributed by atoms with Crippen molar-refractivity contribution in [3.8, 4) is 11.3 Å². The van der Waals surface area contributed by atoms with E-state index in [2.05, 4.69) is 15.3 Å². The van der Waals surface area contributed by atoms with Crippen molar-refractivity contribution in [2.75, 3.05) is 5.32 Å². The number of H-pyrrole nitrogens is 1. The second-order valence-electron chi connectivity index (χ2n) is 6.37. The van der Waals surface area contributed by atoms with Crippen LogP contribution < -0.4 is 5.32 Å². The first-order valence-electron chi connectivity index (χ1n) is 8.95. The van der Waals surface area contributed by atoms with Crippen molar-refractivity contribution in [2.45, 2.75) is 6.42 Å². The van der Waals surface area contributed by atoms with Crippen molar-refractivity contribution in [1.29, 1.82) is 0 Å². The highest BCUT2D eigenvalue weighted by molar-refractivity contribution is 6.03. The summed E-state index contributed by atoms with van der Waals surface area (Å²) in [7, 11) is 0. The molecule has 0 atom stereocenters. The number of hydrogen-bond donors (Lipinski definition) is 2. The number of amides is 1. The minimum atomic E-state index is -0.570. The van der Waals surface area contributed by atoms with Crippen LogP contribution in [-0.4, -0.2) is 15.9 Å². The summed E-state index contributed by atoms with van der Waals surface area (Å²) >= 11 is 0. The Hall–Kier alpha value is -3.73. The van der Waals surface area contributed by atoms with E-state index in [1.54, 1.807) is 12.1 Å². The first kappa shape index (κ1) is 17.7. The van der Waals surface area contributed by atoms with Crippen molar-refractivity contribution in [3.05, 3.63) is 108 Å². The molecule has 4 rings (SSSR count). The standard InChI is InChI=1S/C23H18FN3O/c24-19-14-8-7-13-18(19)22(28)27-23-25-20(15-16-9-3-1-4-10-16)21(26-23)17-11-5-2-6-12-17/h1-14H,15H2,(H2,25,26,27,28). The van der Waals surface area contributed by atoms with Crippen molar-refractivity contribution in [3.63, 3.8) is 0 Å². The van der Waals surface area contributed by atoms with Crippen LogP contribution in [-0.2, 0) is 6.42 Å². The zero-order valence-electron chi connectivity index (χ0n) is 15.0. The predicted octanol–water partition coefficient (Wildman–Crippen LogP) is 5.06. The number of nitrogens with zero attached hydrogens (tertiary/aromatic N) is 1. The summed E-state index contributed by atoms with van der Waals surface area (Å²) in [6.45, 7) is 0. The normalized spacial score (nSPS) is 10.6. The molecule has 4 nitrogen and oxygen atoms in total. The van der Waals surface area contributed by atoms with E-state index in [0.29, 0.717) is 6.42 Å². The number of aromatic amines is 1. The minimum Gasteiger partial charge on any atom is -0.327 e. The van der Waals surface area contributed by atoms with Crippen LogP contribution in [0.1, 0.15) is 21.6 Å². The third-order valence-corrected chi connectivity index (χ3v) is 4.40. The lowest BCUT2D eigenvalue weighted by molar-refractivity contribution is 0.102. The molecule has 0 unspecified atom stereocenters. The van der Waals surface area contributed by atoms with Gasteiger partial charge in [-0.05, 0) is 17.7 Å². The topological polar surface area (TPSA) is 57.8 Å². The highest BCUT2D eigenvalue weighted by atomic mass is 19.1. The highest BCUT2D eigenvalue weighted by Crippen LogP contribution is 2.25. The predicted molar refractivity (Wildman–Crippen MR) is 108 cm³/mol. The molecule has 28 heavy (non-hydrogen) atoms. The summed E-state index contributed by atoms with van der Waals surface area (Å²) in [5.74, 6) is -0.824. The molecule has 1 amide bonds. The molecule has 0 spiro atoms. The molecule has 4 aromatic rings. The Morgan fingerprint density at radius 2 is 1.54 bits per heavy atom. The lowest BCUT2D eigenvalue weighted by atomic mass is 10.0. The van der Waals surface area contributed by atoms with E-state index in [9.17, 15) is 9.18 Å². The molecule has 2 N–H and O–H groups in total. The molecule has 0 saturated carbocycles. The maximum absolute atomic E-state index is 13.9. The van der Waals surface area contributed by atoms with Gasteiger partial charge in [-0.25, -0.2) is 9.37 Å². The molecule has 5 heteroatoms. The summed E-state index contributed by atoms with van der Waals surface area (Å²) in [5, 5.41) is 2.67. The Labute approximate surface area is 162 Å². The third-order valence-electron chi connectivity index (χ3n) is 4.40. The van der Waals surface area contributed by atoms with Crippen LogP contribution in [0.5, 0.6) is 0 Å². The van der Waals surface area contributed by atoms with Gasteiger partial charge in [0.1, 0.15) is 5.82 Å². The summed E-state index contributed by atoms with van der Waals surface area (Å²) < 4.78 is 13.9. The molecule has 138 valence electrons. The van der Waals surface area contributed by atoms with E-state index in [1.165, 1.54) is 12.1 Å². The van der Waals surface area contributed by atoms with Gasteiger partial charge in [0.25, 0.3) is 5.91 Å². The molecule has 0 saturated heterocycles. The fourth-order valence-electron chi connectivity index (χ4n) is 3.05. The van der Waals surface area contributed by atoms with Gasteiger partial charge < -0.3 is 4.98 Å². The van der Waals surface area contributed by atoms with Crippen molar-refractivity contribution < 1.29 is 9.18 Å². The summed E-state index contributed by atoms with van der Waals surface area (Å²) in [5.41, 5.74) is 3.67. The Bertz CT molecular complexity index is 1090. The SMILES string of the molecule is O=C(Nc1nc(-c2ccccc2)c(Cc2ccccc2)[nH]1)c1ccccc1F. The maximum Gasteiger partial charge on any atom is 0.260 e. The van der Waals surface area contributed by atoms with Crippen molar-refractivity contribution in [1.82, 2.24) is 9.97 Å². The Morgan fingerprint density at radius 1 is 0.893 bits per heavy atom. The van der Waals surface area contributed by atoms with Gasteiger partial charge in [-0.3, -0.25) is 10.1 Å². The van der Waals surface area contributed by atoms with Crippen molar-refractivity contribution in [2.24, 2.45) is 0 Å². The van der Waals surface area contributed by atoms with Gasteiger partial charge in [-0.1, -0.05) is 72.8 Å². The fraction of sp³-hybridized carbons (Fsp3) is 0.0435. The zero-order valence-corrected chi connectivity index (χ0v) is 15.0. The van der Waals surface area contributed by atoms with Crippen LogP contribution in [0.15, 0.2) is 84.9 Å². The highest BCUT2D eigenvalue weighted by Gasteiger charge is 2.16. The van der Waals surface area contributed by atoms with Gasteiger partial charge in [0.05, 0.1) is 11.3 Å². The molecule has 0 aliphatic rings. The van der Waals surface area contributed by atoms with Crippen LogP contribution in [0.4, 0.5) is 10.3 Å².